The molecule has 0 bridgehead atoms. The monoisotopic (exact) mass is 490 g/mol. The lowest BCUT2D eigenvalue weighted by molar-refractivity contribution is 0.300. The number of unbranched alkanes of at least 4 members (excludes halogenated alkanes) is 4. The summed E-state index contributed by atoms with van der Waals surface area (Å²) in [4.78, 5) is 0. The summed E-state index contributed by atoms with van der Waals surface area (Å²) in [5, 5.41) is 20.5. The molecule has 0 radical (unpaired) electrons. The summed E-state index contributed by atoms with van der Waals surface area (Å²) in [7, 11) is -1.72. The molecule has 1 aromatic carbocycles. The van der Waals surface area contributed by atoms with Crippen LogP contribution in [0, 0.1) is 5.82 Å². The molecule has 0 aliphatic rings. The van der Waals surface area contributed by atoms with Crippen molar-refractivity contribution in [3.63, 3.8) is 0 Å². The van der Waals surface area contributed by atoms with Gasteiger partial charge in [-0.2, -0.15) is 0 Å². The molecule has 0 amide bonds. The van der Waals surface area contributed by atoms with E-state index in [0.717, 1.165) is 31.2 Å². The van der Waals surface area contributed by atoms with Crippen LogP contribution in [0.2, 0.25) is 0 Å². The van der Waals surface area contributed by atoms with Gasteiger partial charge in [-0.25, -0.2) is 22.2 Å². The number of sulfonamides is 1. The minimum Gasteiger partial charge on any atom is -0.411 e. The first-order valence-corrected chi connectivity index (χ1v) is 11.7. The zero-order chi connectivity index (χ0) is 21.3. The van der Waals surface area contributed by atoms with Crippen molar-refractivity contribution < 1.29 is 22.6 Å². The maximum atomic E-state index is 13.4. The number of benzene rings is 1. The molecule has 2 rings (SSSR count). The highest BCUT2D eigenvalue weighted by Gasteiger charge is 2.18. The van der Waals surface area contributed by atoms with Crippen molar-refractivity contribution in [3.05, 3.63) is 45.4 Å². The van der Waals surface area contributed by atoms with Crippen LogP contribution in [0.1, 0.15) is 49.1 Å². The fraction of sp³-hybridized carbons (Fsp3) is 0.500. The first kappa shape index (κ1) is 23.4. The third-order valence-electron chi connectivity index (χ3n) is 4.44. The summed E-state index contributed by atoms with van der Waals surface area (Å²) in [6.07, 6.45) is 4.92. The topological polar surface area (TPSA) is 118 Å². The fourth-order valence-corrected chi connectivity index (χ4v) is 4.03. The SMILES string of the molecule is CNS(=O)(=O)CCCCCCCc1nonc1/C(Cc1ccc(F)c(Br)c1)=N/O. The Morgan fingerprint density at radius 1 is 1.24 bits per heavy atom. The molecule has 0 aliphatic heterocycles. The first-order valence-electron chi connectivity index (χ1n) is 9.24. The number of aromatic nitrogens is 2. The van der Waals surface area contributed by atoms with Gasteiger partial charge < -0.3 is 5.21 Å². The summed E-state index contributed by atoms with van der Waals surface area (Å²) in [6.45, 7) is 0. The predicted molar refractivity (Wildman–Crippen MR) is 110 cm³/mol. The molecule has 0 fully saturated rings. The Hall–Kier alpha value is -1.85. The third-order valence-corrected chi connectivity index (χ3v) is 6.50. The van der Waals surface area contributed by atoms with Gasteiger partial charge in [0.1, 0.15) is 17.2 Å². The lowest BCUT2D eigenvalue weighted by Gasteiger charge is -2.05. The highest BCUT2D eigenvalue weighted by molar-refractivity contribution is 9.10. The molecular weight excluding hydrogens is 467 g/mol. The van der Waals surface area contributed by atoms with E-state index in [1.807, 2.05) is 0 Å². The number of aryl methyl sites for hydroxylation is 1. The molecule has 2 aromatic rings. The lowest BCUT2D eigenvalue weighted by Crippen LogP contribution is -2.21. The molecule has 1 heterocycles. The molecule has 2 N–H and O–H groups in total. The normalized spacial score (nSPS) is 12.4. The summed E-state index contributed by atoms with van der Waals surface area (Å²) in [5.74, 6) is -0.236. The summed E-state index contributed by atoms with van der Waals surface area (Å²) >= 11 is 3.14. The van der Waals surface area contributed by atoms with Gasteiger partial charge in [0.2, 0.25) is 10.0 Å². The Balaban J connectivity index is 1.83. The van der Waals surface area contributed by atoms with Crippen LogP contribution in [0.5, 0.6) is 0 Å². The molecule has 0 aliphatic carbocycles. The Bertz CT molecular complexity index is 934. The quantitative estimate of drug-likeness (QED) is 0.203. The Labute approximate surface area is 177 Å². The summed E-state index contributed by atoms with van der Waals surface area (Å²) in [5.41, 5.74) is 2.01. The van der Waals surface area contributed by atoms with Crippen molar-refractivity contribution in [2.45, 2.75) is 44.9 Å². The van der Waals surface area contributed by atoms with Crippen LogP contribution in [0.4, 0.5) is 4.39 Å². The largest absolute Gasteiger partial charge is 0.411 e. The van der Waals surface area contributed by atoms with Crippen LogP contribution in [-0.2, 0) is 22.9 Å². The highest BCUT2D eigenvalue weighted by Crippen LogP contribution is 2.19. The van der Waals surface area contributed by atoms with Gasteiger partial charge in [-0.05, 0) is 65.1 Å². The standard InChI is InChI=1S/C18H24BrFN4O4S/c1-21-29(26,27)10-6-4-2-3-5-7-16-18(24-28-23-16)17(22-25)12-13-8-9-15(20)14(19)11-13/h8-9,11,21,25H,2-7,10,12H2,1H3/b22-17+. The maximum absolute atomic E-state index is 13.4. The Kier molecular flexibility index (Phi) is 9.18. The summed E-state index contributed by atoms with van der Waals surface area (Å²) in [6, 6.07) is 4.55. The van der Waals surface area contributed by atoms with Gasteiger partial charge in [-0.1, -0.05) is 35.6 Å². The van der Waals surface area contributed by atoms with E-state index in [0.29, 0.717) is 28.7 Å². The van der Waals surface area contributed by atoms with Crippen molar-refractivity contribution in [2.75, 3.05) is 12.8 Å². The van der Waals surface area contributed by atoms with E-state index in [-0.39, 0.29) is 23.7 Å². The van der Waals surface area contributed by atoms with Crippen LogP contribution in [0.15, 0.2) is 32.5 Å². The first-order chi connectivity index (χ1) is 13.9. The number of nitrogens with zero attached hydrogens (tertiary/aromatic N) is 3. The van der Waals surface area contributed by atoms with E-state index in [9.17, 15) is 18.0 Å². The average molecular weight is 491 g/mol. The predicted octanol–water partition coefficient (Wildman–Crippen LogP) is 3.43. The van der Waals surface area contributed by atoms with Gasteiger partial charge in [0.15, 0.2) is 5.69 Å². The van der Waals surface area contributed by atoms with Crippen molar-refractivity contribution >= 4 is 31.7 Å². The van der Waals surface area contributed by atoms with Gasteiger partial charge in [0, 0.05) is 6.42 Å². The van der Waals surface area contributed by atoms with Gasteiger partial charge in [0.25, 0.3) is 0 Å². The van der Waals surface area contributed by atoms with Crippen LogP contribution in [0.25, 0.3) is 0 Å². The molecule has 0 atom stereocenters. The van der Waals surface area contributed by atoms with E-state index in [4.69, 9.17) is 4.63 Å². The third kappa shape index (κ3) is 7.48. The molecule has 1 aromatic heterocycles. The van der Waals surface area contributed by atoms with E-state index in [1.165, 1.54) is 13.1 Å². The minimum absolute atomic E-state index is 0.136. The molecule has 0 saturated carbocycles. The minimum atomic E-state index is -3.14. The summed E-state index contributed by atoms with van der Waals surface area (Å²) < 4.78 is 43.5. The zero-order valence-corrected chi connectivity index (χ0v) is 18.5. The lowest BCUT2D eigenvalue weighted by atomic mass is 10.0. The molecule has 29 heavy (non-hydrogen) atoms. The van der Waals surface area contributed by atoms with E-state index < -0.39 is 10.0 Å². The second-order valence-corrected chi connectivity index (χ2v) is 9.47. The van der Waals surface area contributed by atoms with E-state index in [1.54, 1.807) is 12.1 Å². The van der Waals surface area contributed by atoms with Crippen LogP contribution >= 0.6 is 15.9 Å². The molecule has 0 unspecified atom stereocenters. The molecule has 8 nitrogen and oxygen atoms in total. The Morgan fingerprint density at radius 2 is 1.97 bits per heavy atom. The molecule has 11 heteroatoms. The molecule has 160 valence electrons. The van der Waals surface area contributed by atoms with Gasteiger partial charge in [0.05, 0.1) is 10.2 Å². The zero-order valence-electron chi connectivity index (χ0n) is 16.1. The average Bonchev–Trinajstić information content (AvgIpc) is 3.16. The van der Waals surface area contributed by atoms with Crippen LogP contribution in [0.3, 0.4) is 0 Å². The van der Waals surface area contributed by atoms with Gasteiger partial charge in [-0.3, -0.25) is 0 Å². The Morgan fingerprint density at radius 3 is 2.66 bits per heavy atom. The smallest absolute Gasteiger partial charge is 0.211 e. The maximum Gasteiger partial charge on any atom is 0.211 e. The van der Waals surface area contributed by atoms with Gasteiger partial charge in [-0.15, -0.1) is 0 Å². The van der Waals surface area contributed by atoms with Crippen LogP contribution < -0.4 is 4.72 Å². The number of rotatable bonds is 12. The number of oxime groups is 1. The highest BCUT2D eigenvalue weighted by atomic mass is 79.9. The number of hydrogen-bond acceptors (Lipinski definition) is 7. The number of hydrogen-bond donors (Lipinski definition) is 2. The van der Waals surface area contributed by atoms with Crippen molar-refractivity contribution in [1.82, 2.24) is 15.0 Å². The molecule has 0 spiro atoms. The van der Waals surface area contributed by atoms with Gasteiger partial charge >= 0.3 is 0 Å². The van der Waals surface area contributed by atoms with Crippen molar-refractivity contribution in [1.29, 1.82) is 0 Å². The molecular formula is C18H24BrFN4O4S. The fourth-order valence-electron chi connectivity index (χ4n) is 2.82. The van der Waals surface area contributed by atoms with E-state index >= 15 is 0 Å². The van der Waals surface area contributed by atoms with E-state index in [2.05, 4.69) is 36.1 Å². The second-order valence-electron chi connectivity index (χ2n) is 6.57. The number of nitrogens with one attached hydrogen (secondary N) is 1. The van der Waals surface area contributed by atoms with Crippen LogP contribution in [-0.4, -0.2) is 42.5 Å². The second kappa shape index (κ2) is 11.4. The van der Waals surface area contributed by atoms with Crippen molar-refractivity contribution in [3.8, 4) is 0 Å². The molecule has 0 saturated heterocycles. The van der Waals surface area contributed by atoms with Crippen molar-refractivity contribution in [2.24, 2.45) is 5.16 Å². The number of halogens is 2.